The van der Waals surface area contributed by atoms with Crippen molar-refractivity contribution in [1.82, 2.24) is 9.55 Å². The molecule has 0 saturated carbocycles. The Hall–Kier alpha value is -5.99. The minimum atomic E-state index is -0.188. The first-order valence-corrected chi connectivity index (χ1v) is 16.7. The molecule has 1 aromatic heterocycles. The molecule has 1 aliphatic carbocycles. The van der Waals surface area contributed by atoms with E-state index in [0.29, 0.717) is 0 Å². The zero-order valence-corrected chi connectivity index (χ0v) is 26.9. The molecule has 48 heavy (non-hydrogen) atoms. The molecular weight excluding hydrogens is 581 g/mol. The van der Waals surface area contributed by atoms with E-state index in [1.807, 2.05) is 0 Å². The molecule has 226 valence electrons. The molecule has 0 N–H and O–H groups in total. The first kappa shape index (κ1) is 27.2. The molecule has 10 rings (SSSR count). The Balaban J connectivity index is 1.26. The highest BCUT2D eigenvalue weighted by Gasteiger charge is 2.40. The highest BCUT2D eigenvalue weighted by Crippen LogP contribution is 2.57. The van der Waals surface area contributed by atoms with Gasteiger partial charge in [0.05, 0.1) is 11.0 Å². The molecule has 0 radical (unpaired) electrons. The molecule has 0 amide bonds. The fourth-order valence-electron chi connectivity index (χ4n) is 8.43. The maximum Gasteiger partial charge on any atom is 0.145 e. The summed E-state index contributed by atoms with van der Waals surface area (Å²) in [5.41, 5.74) is 12.1. The number of benzene rings is 8. The van der Waals surface area contributed by atoms with Crippen molar-refractivity contribution < 1.29 is 0 Å². The summed E-state index contributed by atoms with van der Waals surface area (Å²) in [6.45, 7) is 4.82. The van der Waals surface area contributed by atoms with Crippen molar-refractivity contribution in [2.75, 3.05) is 0 Å². The molecule has 0 atom stereocenters. The van der Waals surface area contributed by atoms with Crippen LogP contribution in [-0.2, 0) is 5.41 Å². The molecule has 0 aliphatic heterocycles. The van der Waals surface area contributed by atoms with Crippen LogP contribution in [-0.4, -0.2) is 9.55 Å². The van der Waals surface area contributed by atoms with Gasteiger partial charge in [-0.25, -0.2) is 4.98 Å². The summed E-state index contributed by atoms with van der Waals surface area (Å²) in [4.78, 5) is 5.29. The first-order valence-electron chi connectivity index (χ1n) is 16.7. The van der Waals surface area contributed by atoms with Crippen molar-refractivity contribution in [3.63, 3.8) is 0 Å². The average molecular weight is 613 g/mol. The highest BCUT2D eigenvalue weighted by molar-refractivity contribution is 6.22. The fourth-order valence-corrected chi connectivity index (χ4v) is 8.43. The van der Waals surface area contributed by atoms with Gasteiger partial charge in [-0.2, -0.15) is 0 Å². The number of fused-ring (bicyclic) bond motifs is 11. The lowest BCUT2D eigenvalue weighted by molar-refractivity contribution is 0.667. The van der Waals surface area contributed by atoms with Gasteiger partial charge in [-0.05, 0) is 96.0 Å². The number of hydrogen-bond donors (Lipinski definition) is 0. The molecule has 0 unspecified atom stereocenters. The van der Waals surface area contributed by atoms with E-state index in [-0.39, 0.29) is 5.41 Å². The van der Waals surface area contributed by atoms with E-state index in [1.165, 1.54) is 65.7 Å². The Kier molecular flexibility index (Phi) is 5.66. The molecule has 0 saturated heterocycles. The Morgan fingerprint density at radius 1 is 0.479 bits per heavy atom. The van der Waals surface area contributed by atoms with Crippen LogP contribution in [0.5, 0.6) is 0 Å². The van der Waals surface area contributed by atoms with Gasteiger partial charge in [-0.1, -0.05) is 141 Å². The van der Waals surface area contributed by atoms with E-state index in [2.05, 4.69) is 176 Å². The molecule has 2 heteroatoms. The van der Waals surface area contributed by atoms with Gasteiger partial charge in [0, 0.05) is 16.7 Å². The molecular formula is C46H32N2. The Labute approximate surface area is 279 Å². The van der Waals surface area contributed by atoms with Crippen LogP contribution < -0.4 is 0 Å². The number of nitrogens with zero attached hydrogens (tertiary/aromatic N) is 2. The lowest BCUT2D eigenvalue weighted by Crippen LogP contribution is -2.16. The van der Waals surface area contributed by atoms with Crippen LogP contribution in [0.4, 0.5) is 0 Å². The summed E-state index contributed by atoms with van der Waals surface area (Å²) in [5.74, 6) is 0.947. The maximum atomic E-state index is 5.29. The molecule has 8 aromatic carbocycles. The van der Waals surface area contributed by atoms with Crippen molar-refractivity contribution in [3.8, 4) is 39.3 Å². The van der Waals surface area contributed by atoms with Crippen LogP contribution in [0.15, 0.2) is 158 Å². The number of para-hydroxylation sites is 1. The van der Waals surface area contributed by atoms with E-state index in [0.717, 1.165) is 28.1 Å². The summed E-state index contributed by atoms with van der Waals surface area (Å²) < 4.78 is 2.28. The van der Waals surface area contributed by atoms with E-state index in [9.17, 15) is 0 Å². The van der Waals surface area contributed by atoms with Gasteiger partial charge in [0.25, 0.3) is 0 Å². The highest BCUT2D eigenvalue weighted by atomic mass is 15.1. The van der Waals surface area contributed by atoms with Gasteiger partial charge in [0.15, 0.2) is 0 Å². The van der Waals surface area contributed by atoms with Crippen molar-refractivity contribution >= 4 is 43.4 Å². The van der Waals surface area contributed by atoms with Crippen molar-refractivity contribution in [2.24, 2.45) is 0 Å². The van der Waals surface area contributed by atoms with Gasteiger partial charge in [-0.3, -0.25) is 4.57 Å². The van der Waals surface area contributed by atoms with Crippen LogP contribution in [0, 0.1) is 0 Å². The molecule has 0 bridgehead atoms. The smallest absolute Gasteiger partial charge is 0.145 e. The van der Waals surface area contributed by atoms with Gasteiger partial charge in [0.2, 0.25) is 0 Å². The van der Waals surface area contributed by atoms with Crippen LogP contribution in [0.3, 0.4) is 0 Å². The third-order valence-corrected chi connectivity index (χ3v) is 10.5. The van der Waals surface area contributed by atoms with E-state index in [4.69, 9.17) is 4.98 Å². The Bertz CT molecular complexity index is 2730. The second kappa shape index (κ2) is 10.0. The zero-order chi connectivity index (χ0) is 32.0. The number of aromatic nitrogens is 2. The molecule has 1 aliphatic rings. The molecule has 9 aromatic rings. The monoisotopic (exact) mass is 612 g/mol. The van der Waals surface area contributed by atoms with E-state index < -0.39 is 0 Å². The quantitative estimate of drug-likeness (QED) is 0.182. The second-order valence-electron chi connectivity index (χ2n) is 13.5. The van der Waals surface area contributed by atoms with Gasteiger partial charge < -0.3 is 0 Å². The average Bonchev–Trinajstić information content (AvgIpc) is 3.64. The molecule has 0 spiro atoms. The summed E-state index contributed by atoms with van der Waals surface area (Å²) >= 11 is 0. The van der Waals surface area contributed by atoms with Crippen LogP contribution in [0.2, 0.25) is 0 Å². The van der Waals surface area contributed by atoms with Crippen molar-refractivity contribution in [2.45, 2.75) is 19.3 Å². The van der Waals surface area contributed by atoms with E-state index in [1.54, 1.807) is 0 Å². The second-order valence-corrected chi connectivity index (χ2v) is 13.5. The molecule has 0 fully saturated rings. The lowest BCUT2D eigenvalue weighted by atomic mass is 9.78. The SMILES string of the molecule is CC1(C)c2cc(-c3ccc4c(c3)nc(-c3ccccc3)n4-c3ccccc3)c3ccccc3c2-c2c1c1ccccc1c1ccccc21. The van der Waals surface area contributed by atoms with Crippen molar-refractivity contribution in [1.29, 1.82) is 0 Å². The summed E-state index contributed by atoms with van der Waals surface area (Å²) in [7, 11) is 0. The fraction of sp³-hybridized carbons (Fsp3) is 0.0652. The largest absolute Gasteiger partial charge is 0.292 e. The predicted molar refractivity (Wildman–Crippen MR) is 202 cm³/mol. The van der Waals surface area contributed by atoms with Crippen molar-refractivity contribution in [3.05, 3.63) is 169 Å². The third kappa shape index (κ3) is 3.72. The molecule has 1 heterocycles. The van der Waals surface area contributed by atoms with Crippen LogP contribution >= 0.6 is 0 Å². The van der Waals surface area contributed by atoms with Gasteiger partial charge in [-0.15, -0.1) is 0 Å². The van der Waals surface area contributed by atoms with Gasteiger partial charge >= 0.3 is 0 Å². The van der Waals surface area contributed by atoms with Crippen LogP contribution in [0.1, 0.15) is 25.0 Å². The summed E-state index contributed by atoms with van der Waals surface area (Å²) in [6, 6.07) is 57.3. The number of rotatable bonds is 3. The Morgan fingerprint density at radius 2 is 1.04 bits per heavy atom. The molecule has 2 nitrogen and oxygen atoms in total. The minimum Gasteiger partial charge on any atom is -0.292 e. The normalized spacial score (nSPS) is 13.4. The number of imidazole rings is 1. The van der Waals surface area contributed by atoms with Gasteiger partial charge in [0.1, 0.15) is 5.82 Å². The predicted octanol–water partition coefficient (Wildman–Crippen LogP) is 12.1. The zero-order valence-electron chi connectivity index (χ0n) is 26.9. The van der Waals surface area contributed by atoms with E-state index >= 15 is 0 Å². The van der Waals surface area contributed by atoms with Crippen LogP contribution in [0.25, 0.3) is 82.7 Å². The standard InChI is InChI=1S/C46H32N2/c1-46(2)39-28-38(30-25-26-41-40(27-30)47-45(29-15-5-3-6-16-29)48(41)31-17-7-4-8-18-31)34-21-10-12-22-35(34)42(39)43-36-23-13-9-19-32(36)33-20-11-14-24-37(33)44(43)46/h3-28H,1-2H3. The Morgan fingerprint density at radius 3 is 1.75 bits per heavy atom. The summed E-state index contributed by atoms with van der Waals surface area (Å²) in [5, 5.41) is 7.89. The topological polar surface area (TPSA) is 17.8 Å². The number of hydrogen-bond acceptors (Lipinski definition) is 1. The minimum absolute atomic E-state index is 0.188. The third-order valence-electron chi connectivity index (χ3n) is 10.5. The summed E-state index contributed by atoms with van der Waals surface area (Å²) in [6.07, 6.45) is 0. The maximum absolute atomic E-state index is 5.29. The first-order chi connectivity index (χ1) is 23.6. The lowest BCUT2D eigenvalue weighted by Gasteiger charge is -2.24.